The number of nitrogens with zero attached hydrogens (tertiary/aromatic N) is 4. The highest BCUT2D eigenvalue weighted by atomic mass is 35.5. The highest BCUT2D eigenvalue weighted by molar-refractivity contribution is 6.31. The van der Waals surface area contributed by atoms with Gasteiger partial charge in [-0.2, -0.15) is 0 Å². The number of aryl methyl sites for hydroxylation is 1. The molecule has 0 radical (unpaired) electrons. The topological polar surface area (TPSA) is 41.5 Å². The fourth-order valence-corrected chi connectivity index (χ4v) is 4.03. The summed E-state index contributed by atoms with van der Waals surface area (Å²) in [5.74, 6) is 1.57. The van der Waals surface area contributed by atoms with Gasteiger partial charge in [-0.3, -0.25) is 4.90 Å². The van der Waals surface area contributed by atoms with Gasteiger partial charge in [0, 0.05) is 54.6 Å². The molecule has 1 fully saturated rings. The first-order valence-electron chi connectivity index (χ1n) is 10.1. The van der Waals surface area contributed by atoms with Crippen LogP contribution in [0.25, 0.3) is 5.57 Å². The molecule has 0 saturated carbocycles. The van der Waals surface area contributed by atoms with Crippen LogP contribution in [-0.4, -0.2) is 54.3 Å². The Balaban J connectivity index is 1.52. The lowest BCUT2D eigenvalue weighted by Crippen LogP contribution is -2.37. The maximum atomic E-state index is 14.1. The van der Waals surface area contributed by atoms with E-state index in [0.29, 0.717) is 17.1 Å². The summed E-state index contributed by atoms with van der Waals surface area (Å²) in [6, 6.07) is 4.84. The fraction of sp³-hybridized carbons (Fsp3) is 0.455. The molecule has 0 unspecified atom stereocenters. The van der Waals surface area contributed by atoms with Crippen LogP contribution in [0.3, 0.4) is 0 Å². The zero-order valence-corrected chi connectivity index (χ0v) is 17.7. The Bertz CT molecular complexity index is 907. The van der Waals surface area contributed by atoms with Gasteiger partial charge in [-0.15, -0.1) is 0 Å². The molecule has 2 aliphatic rings. The van der Waals surface area contributed by atoms with E-state index in [0.717, 1.165) is 74.3 Å². The quantitative estimate of drug-likeness (QED) is 0.753. The van der Waals surface area contributed by atoms with Gasteiger partial charge in [-0.25, -0.2) is 14.4 Å². The van der Waals surface area contributed by atoms with Crippen molar-refractivity contribution < 1.29 is 9.13 Å². The third-order valence-electron chi connectivity index (χ3n) is 5.70. The predicted octanol–water partition coefficient (Wildman–Crippen LogP) is 4.01. The summed E-state index contributed by atoms with van der Waals surface area (Å²) in [7, 11) is 0. The van der Waals surface area contributed by atoms with Gasteiger partial charge in [0.25, 0.3) is 0 Å². The van der Waals surface area contributed by atoms with Gasteiger partial charge < -0.3 is 9.64 Å². The Labute approximate surface area is 176 Å². The molecule has 0 aliphatic carbocycles. The van der Waals surface area contributed by atoms with Gasteiger partial charge in [-0.1, -0.05) is 23.7 Å². The minimum Gasteiger partial charge on any atom is -0.378 e. The molecule has 1 aromatic carbocycles. The summed E-state index contributed by atoms with van der Waals surface area (Å²) in [5.41, 5.74) is 3.85. The second kappa shape index (κ2) is 8.78. The van der Waals surface area contributed by atoms with Crippen LogP contribution >= 0.6 is 11.6 Å². The highest BCUT2D eigenvalue weighted by Gasteiger charge is 2.21. The first-order chi connectivity index (χ1) is 14.0. The van der Waals surface area contributed by atoms with Gasteiger partial charge in [0.2, 0.25) is 0 Å². The lowest BCUT2D eigenvalue weighted by atomic mass is 10.1. The minimum absolute atomic E-state index is 0.250. The van der Waals surface area contributed by atoms with Crippen molar-refractivity contribution in [1.29, 1.82) is 0 Å². The van der Waals surface area contributed by atoms with Crippen LogP contribution in [0.2, 0.25) is 5.02 Å². The van der Waals surface area contributed by atoms with Crippen LogP contribution in [0.5, 0.6) is 0 Å². The van der Waals surface area contributed by atoms with Crippen molar-refractivity contribution in [3.8, 4) is 0 Å². The number of morpholine rings is 1. The van der Waals surface area contributed by atoms with Gasteiger partial charge in [-0.05, 0) is 38.0 Å². The number of halogens is 2. The smallest absolute Gasteiger partial charge is 0.157 e. The molecular formula is C22H26ClFN4O. The molecule has 0 N–H and O–H groups in total. The van der Waals surface area contributed by atoms with Gasteiger partial charge in [0.1, 0.15) is 11.6 Å². The van der Waals surface area contributed by atoms with E-state index >= 15 is 0 Å². The normalized spacial score (nSPS) is 18.1. The van der Waals surface area contributed by atoms with E-state index < -0.39 is 0 Å². The third kappa shape index (κ3) is 4.44. The van der Waals surface area contributed by atoms with Gasteiger partial charge >= 0.3 is 0 Å². The molecule has 4 rings (SSSR count). The Morgan fingerprint density at radius 2 is 1.93 bits per heavy atom. The number of aromatic nitrogens is 2. The van der Waals surface area contributed by atoms with Crippen molar-refractivity contribution in [1.82, 2.24) is 14.9 Å². The number of rotatable bonds is 4. The lowest BCUT2D eigenvalue weighted by Gasteiger charge is -2.30. The molecule has 29 heavy (non-hydrogen) atoms. The molecule has 0 amide bonds. The zero-order valence-electron chi connectivity index (χ0n) is 16.9. The molecular weight excluding hydrogens is 391 g/mol. The first-order valence-corrected chi connectivity index (χ1v) is 10.4. The van der Waals surface area contributed by atoms with Crippen LogP contribution in [-0.2, 0) is 11.3 Å². The van der Waals surface area contributed by atoms with E-state index in [1.54, 1.807) is 12.1 Å². The maximum Gasteiger partial charge on any atom is 0.157 e. The molecule has 0 bridgehead atoms. The van der Waals surface area contributed by atoms with E-state index in [4.69, 9.17) is 26.3 Å². The second-order valence-electron chi connectivity index (χ2n) is 7.60. The van der Waals surface area contributed by atoms with Crippen LogP contribution < -0.4 is 4.90 Å². The largest absolute Gasteiger partial charge is 0.378 e. The Kier molecular flexibility index (Phi) is 6.13. The monoisotopic (exact) mass is 416 g/mol. The van der Waals surface area contributed by atoms with Crippen molar-refractivity contribution in [2.24, 2.45) is 0 Å². The number of benzene rings is 1. The Morgan fingerprint density at radius 3 is 2.62 bits per heavy atom. The predicted molar refractivity (Wildman–Crippen MR) is 114 cm³/mol. The van der Waals surface area contributed by atoms with E-state index in [1.807, 2.05) is 6.92 Å². The third-order valence-corrected chi connectivity index (χ3v) is 6.05. The van der Waals surface area contributed by atoms with E-state index in [-0.39, 0.29) is 5.82 Å². The number of anilines is 1. The van der Waals surface area contributed by atoms with Gasteiger partial charge in [0.15, 0.2) is 5.82 Å². The zero-order chi connectivity index (χ0) is 20.4. The van der Waals surface area contributed by atoms with Crippen molar-refractivity contribution in [2.75, 3.05) is 44.3 Å². The molecule has 154 valence electrons. The van der Waals surface area contributed by atoms with E-state index in [2.05, 4.69) is 22.8 Å². The standard InChI is InChI=1S/C22H26ClFN4O/c1-15-16(2)25-21(26-22(15)28-10-12-29-13-11-28)17-6-8-27(9-7-17)14-18-19(23)4-3-5-20(18)24/h3-6H,7-14H2,1-2H3. The summed E-state index contributed by atoms with van der Waals surface area (Å²) >= 11 is 6.18. The summed E-state index contributed by atoms with van der Waals surface area (Å²) in [5, 5.41) is 0.479. The number of hydrogen-bond acceptors (Lipinski definition) is 5. The minimum atomic E-state index is -0.250. The van der Waals surface area contributed by atoms with Crippen LogP contribution in [0, 0.1) is 19.7 Å². The average molecular weight is 417 g/mol. The molecule has 2 aliphatic heterocycles. The lowest BCUT2D eigenvalue weighted by molar-refractivity contribution is 0.122. The molecule has 0 spiro atoms. The second-order valence-corrected chi connectivity index (χ2v) is 8.00. The molecule has 2 aromatic rings. The van der Waals surface area contributed by atoms with Crippen molar-refractivity contribution in [2.45, 2.75) is 26.8 Å². The van der Waals surface area contributed by atoms with Gasteiger partial charge in [0.05, 0.1) is 13.2 Å². The SMILES string of the molecule is Cc1nc(C2=CCN(Cc3c(F)cccc3Cl)CC2)nc(N2CCOCC2)c1C. The Morgan fingerprint density at radius 1 is 1.14 bits per heavy atom. The Hall–Kier alpha value is -2.02. The molecule has 7 heteroatoms. The maximum absolute atomic E-state index is 14.1. The van der Waals surface area contributed by atoms with Crippen LogP contribution in [0.15, 0.2) is 24.3 Å². The molecule has 1 aromatic heterocycles. The van der Waals surface area contributed by atoms with Crippen LogP contribution in [0.1, 0.15) is 29.1 Å². The summed E-state index contributed by atoms with van der Waals surface area (Å²) in [6.45, 7) is 9.34. The molecule has 0 atom stereocenters. The average Bonchev–Trinajstić information content (AvgIpc) is 2.74. The molecule has 1 saturated heterocycles. The van der Waals surface area contributed by atoms with Crippen LogP contribution in [0.4, 0.5) is 10.2 Å². The van der Waals surface area contributed by atoms with E-state index in [9.17, 15) is 4.39 Å². The number of ether oxygens (including phenoxy) is 1. The highest BCUT2D eigenvalue weighted by Crippen LogP contribution is 2.27. The molecule has 5 nitrogen and oxygen atoms in total. The van der Waals surface area contributed by atoms with Crippen molar-refractivity contribution in [3.63, 3.8) is 0 Å². The fourth-order valence-electron chi connectivity index (χ4n) is 3.81. The van der Waals surface area contributed by atoms with E-state index in [1.165, 1.54) is 6.07 Å². The van der Waals surface area contributed by atoms with Crippen molar-refractivity contribution in [3.05, 3.63) is 57.8 Å². The summed E-state index contributed by atoms with van der Waals surface area (Å²) in [4.78, 5) is 14.1. The summed E-state index contributed by atoms with van der Waals surface area (Å²) < 4.78 is 19.6. The van der Waals surface area contributed by atoms with Crippen molar-refractivity contribution >= 4 is 23.0 Å². The number of hydrogen-bond donors (Lipinski definition) is 0. The first kappa shape index (κ1) is 20.3. The summed E-state index contributed by atoms with van der Waals surface area (Å²) in [6.07, 6.45) is 2.99. The molecule has 3 heterocycles.